The molecule has 0 aliphatic rings. The first-order valence-corrected chi connectivity index (χ1v) is 12.7. The number of carbonyl (C=O) groups excluding carboxylic acids is 1. The van der Waals surface area contributed by atoms with Gasteiger partial charge in [-0.3, -0.25) is 9.36 Å². The van der Waals surface area contributed by atoms with Crippen molar-refractivity contribution >= 4 is 17.7 Å². The summed E-state index contributed by atoms with van der Waals surface area (Å²) >= 11 is 1.52. The molecule has 2 unspecified atom stereocenters. The van der Waals surface area contributed by atoms with Gasteiger partial charge < -0.3 is 5.32 Å². The number of hydrogen-bond donors (Lipinski definition) is 1. The monoisotopic (exact) mass is 488 g/mol. The van der Waals surface area contributed by atoms with E-state index in [-0.39, 0.29) is 23.7 Å². The Morgan fingerprint density at radius 1 is 1.00 bits per heavy atom. The molecule has 180 valence electrons. The first-order chi connectivity index (χ1) is 17.0. The molecule has 0 saturated heterocycles. The minimum Gasteiger partial charge on any atom is -0.346 e. The van der Waals surface area contributed by atoms with Gasteiger partial charge in [0.25, 0.3) is 0 Å². The van der Waals surface area contributed by atoms with Crippen LogP contribution in [0.1, 0.15) is 54.7 Å². The fraction of sp³-hybridized carbons (Fsp3) is 0.250. The zero-order valence-electron chi connectivity index (χ0n) is 20.1. The molecular weight excluding hydrogens is 459 g/mol. The summed E-state index contributed by atoms with van der Waals surface area (Å²) in [6.07, 6.45) is 0.700. The van der Waals surface area contributed by atoms with Crippen LogP contribution >= 0.6 is 11.8 Å². The number of nitrogens with zero attached hydrogens (tertiary/aromatic N) is 3. The molecule has 35 heavy (non-hydrogen) atoms. The Bertz CT molecular complexity index is 1260. The molecule has 3 aromatic carbocycles. The molecule has 0 fully saturated rings. The molecule has 5 nitrogen and oxygen atoms in total. The van der Waals surface area contributed by atoms with E-state index in [9.17, 15) is 9.18 Å². The van der Waals surface area contributed by atoms with Gasteiger partial charge >= 0.3 is 0 Å². The smallest absolute Gasteiger partial charge is 0.228 e. The summed E-state index contributed by atoms with van der Waals surface area (Å²) in [4.78, 5) is 13.2. The molecule has 4 rings (SSSR count). The number of carbonyl (C=O) groups is 1. The Morgan fingerprint density at radius 3 is 2.34 bits per heavy atom. The molecule has 0 radical (unpaired) electrons. The Kier molecular flexibility index (Phi) is 7.98. The van der Waals surface area contributed by atoms with E-state index in [4.69, 9.17) is 0 Å². The number of aromatic nitrogens is 3. The minimum atomic E-state index is -0.353. The summed E-state index contributed by atoms with van der Waals surface area (Å²) in [7, 11) is 0. The topological polar surface area (TPSA) is 59.8 Å². The number of benzene rings is 3. The average Bonchev–Trinajstić information content (AvgIpc) is 3.29. The van der Waals surface area contributed by atoms with E-state index >= 15 is 0 Å². The van der Waals surface area contributed by atoms with Crippen LogP contribution in [-0.2, 0) is 10.5 Å². The lowest BCUT2D eigenvalue weighted by molar-refractivity contribution is -0.123. The van der Waals surface area contributed by atoms with Crippen molar-refractivity contribution < 1.29 is 9.18 Å². The first-order valence-electron chi connectivity index (χ1n) is 11.7. The molecule has 0 aliphatic carbocycles. The number of hydrogen-bond acceptors (Lipinski definition) is 4. The van der Waals surface area contributed by atoms with Crippen LogP contribution in [0.4, 0.5) is 4.39 Å². The van der Waals surface area contributed by atoms with Gasteiger partial charge in [-0.2, -0.15) is 0 Å². The van der Waals surface area contributed by atoms with Gasteiger partial charge in [0.2, 0.25) is 5.91 Å². The molecule has 1 N–H and O–H groups in total. The second-order valence-electron chi connectivity index (χ2n) is 8.53. The predicted octanol–water partition coefficient (Wildman–Crippen LogP) is 6.38. The van der Waals surface area contributed by atoms with Gasteiger partial charge in [-0.25, -0.2) is 4.39 Å². The van der Waals surface area contributed by atoms with Crippen LogP contribution < -0.4 is 5.32 Å². The van der Waals surface area contributed by atoms with Gasteiger partial charge in [0.1, 0.15) is 5.82 Å². The number of halogens is 1. The summed E-state index contributed by atoms with van der Waals surface area (Å²) in [6, 6.07) is 24.1. The van der Waals surface area contributed by atoms with E-state index in [1.165, 1.54) is 23.9 Å². The predicted molar refractivity (Wildman–Crippen MR) is 138 cm³/mol. The van der Waals surface area contributed by atoms with Gasteiger partial charge in [0.05, 0.1) is 12.0 Å². The van der Waals surface area contributed by atoms with Crippen LogP contribution in [0.3, 0.4) is 0 Å². The maximum atomic E-state index is 13.3. The highest BCUT2D eigenvalue weighted by molar-refractivity contribution is 7.98. The second kappa shape index (κ2) is 11.3. The summed E-state index contributed by atoms with van der Waals surface area (Å²) in [5.74, 6) is 0.754. The number of rotatable bonds is 9. The number of thioether (sulfide) groups is 1. The maximum absolute atomic E-state index is 13.3. The van der Waals surface area contributed by atoms with Gasteiger partial charge in [-0.05, 0) is 55.7 Å². The molecule has 7 heteroatoms. The number of aryl methyl sites for hydroxylation is 1. The van der Waals surface area contributed by atoms with Crippen LogP contribution in [0.2, 0.25) is 0 Å². The normalized spacial score (nSPS) is 12.8. The van der Waals surface area contributed by atoms with E-state index in [0.717, 1.165) is 22.4 Å². The SMILES string of the molecule is CCC(C(=O)NC(C)c1nnc(SCc2ccc(F)cc2)n1-c1ccc(C)cc1)c1ccccc1. The zero-order chi connectivity index (χ0) is 24.8. The van der Waals surface area contributed by atoms with Crippen LogP contribution in [0.5, 0.6) is 0 Å². The van der Waals surface area contributed by atoms with Crippen LogP contribution in [-0.4, -0.2) is 20.7 Å². The van der Waals surface area contributed by atoms with E-state index < -0.39 is 0 Å². The van der Waals surface area contributed by atoms with Crippen molar-refractivity contribution in [3.8, 4) is 5.69 Å². The van der Waals surface area contributed by atoms with E-state index in [2.05, 4.69) is 15.5 Å². The van der Waals surface area contributed by atoms with Gasteiger partial charge in [-0.15, -0.1) is 10.2 Å². The highest BCUT2D eigenvalue weighted by atomic mass is 32.2. The molecule has 2 atom stereocenters. The molecule has 4 aromatic rings. The molecule has 0 saturated carbocycles. The highest BCUT2D eigenvalue weighted by Crippen LogP contribution is 2.28. The molecule has 1 aromatic heterocycles. The third-order valence-electron chi connectivity index (χ3n) is 5.90. The maximum Gasteiger partial charge on any atom is 0.228 e. The summed E-state index contributed by atoms with van der Waals surface area (Å²) < 4.78 is 15.3. The van der Waals surface area contributed by atoms with Crippen molar-refractivity contribution in [1.82, 2.24) is 20.1 Å². The average molecular weight is 489 g/mol. The highest BCUT2D eigenvalue weighted by Gasteiger charge is 2.25. The summed E-state index contributed by atoms with van der Waals surface area (Å²) in [5.41, 5.74) is 4.06. The van der Waals surface area contributed by atoms with Gasteiger partial charge in [0.15, 0.2) is 11.0 Å². The molecule has 0 aliphatic heterocycles. The van der Waals surface area contributed by atoms with Crippen LogP contribution in [0.25, 0.3) is 5.69 Å². The van der Waals surface area contributed by atoms with E-state index in [1.54, 1.807) is 12.1 Å². The Balaban J connectivity index is 1.60. The number of nitrogens with one attached hydrogen (secondary N) is 1. The van der Waals surface area contributed by atoms with E-state index in [1.807, 2.05) is 79.9 Å². The Labute approximate surface area is 209 Å². The van der Waals surface area contributed by atoms with Gasteiger partial charge in [-0.1, -0.05) is 78.8 Å². The largest absolute Gasteiger partial charge is 0.346 e. The zero-order valence-corrected chi connectivity index (χ0v) is 20.9. The van der Waals surface area contributed by atoms with Crippen molar-refractivity contribution in [3.63, 3.8) is 0 Å². The Hall–Kier alpha value is -3.45. The van der Waals surface area contributed by atoms with Crippen molar-refractivity contribution in [1.29, 1.82) is 0 Å². The first kappa shape index (κ1) is 24.7. The molecular formula is C28H29FN4OS. The van der Waals surface area contributed by atoms with Crippen molar-refractivity contribution in [3.05, 3.63) is 107 Å². The fourth-order valence-corrected chi connectivity index (χ4v) is 4.87. The van der Waals surface area contributed by atoms with E-state index in [0.29, 0.717) is 23.2 Å². The molecule has 0 bridgehead atoms. The van der Waals surface area contributed by atoms with Gasteiger partial charge in [0, 0.05) is 11.4 Å². The Morgan fingerprint density at radius 2 is 1.69 bits per heavy atom. The third kappa shape index (κ3) is 5.98. The lowest BCUT2D eigenvalue weighted by atomic mass is 9.95. The quantitative estimate of drug-likeness (QED) is 0.278. The molecule has 1 heterocycles. The lowest BCUT2D eigenvalue weighted by Crippen LogP contribution is -2.32. The second-order valence-corrected chi connectivity index (χ2v) is 9.47. The number of amides is 1. The molecule has 1 amide bonds. The summed E-state index contributed by atoms with van der Waals surface area (Å²) in [5, 5.41) is 12.8. The lowest BCUT2D eigenvalue weighted by Gasteiger charge is -2.20. The van der Waals surface area contributed by atoms with Crippen LogP contribution in [0, 0.1) is 12.7 Å². The van der Waals surface area contributed by atoms with Crippen molar-refractivity contribution in [2.24, 2.45) is 0 Å². The van der Waals surface area contributed by atoms with Crippen LogP contribution in [0.15, 0.2) is 84.0 Å². The van der Waals surface area contributed by atoms with Crippen molar-refractivity contribution in [2.75, 3.05) is 0 Å². The molecule has 0 spiro atoms. The van der Waals surface area contributed by atoms with Crippen molar-refractivity contribution in [2.45, 2.75) is 50.1 Å². The minimum absolute atomic E-state index is 0.0369. The summed E-state index contributed by atoms with van der Waals surface area (Å²) in [6.45, 7) is 5.98. The standard InChI is InChI=1S/C28H29FN4OS/c1-4-25(22-8-6-5-7-9-22)27(34)30-20(3)26-31-32-28(33(26)24-16-10-19(2)11-17-24)35-18-21-12-14-23(29)15-13-21/h5-17,20,25H,4,18H2,1-3H3,(H,30,34). The fourth-order valence-electron chi connectivity index (χ4n) is 3.96. The third-order valence-corrected chi connectivity index (χ3v) is 6.90.